The molecule has 0 bridgehead atoms. The zero-order valence-corrected chi connectivity index (χ0v) is 10.8. The summed E-state index contributed by atoms with van der Waals surface area (Å²) < 4.78 is 13.4. The Morgan fingerprint density at radius 3 is 2.72 bits per heavy atom. The SMILES string of the molecule is CCNc1ncnc(-c2cc(F)ccc2C)c1C. The summed E-state index contributed by atoms with van der Waals surface area (Å²) in [6.45, 7) is 6.69. The lowest BCUT2D eigenvalue weighted by Gasteiger charge is -2.12. The van der Waals surface area contributed by atoms with Gasteiger partial charge in [0.25, 0.3) is 0 Å². The third-order valence-electron chi connectivity index (χ3n) is 2.88. The van der Waals surface area contributed by atoms with Crippen molar-refractivity contribution in [3.63, 3.8) is 0 Å². The highest BCUT2D eigenvalue weighted by Gasteiger charge is 2.11. The number of rotatable bonds is 3. The maximum atomic E-state index is 13.4. The van der Waals surface area contributed by atoms with E-state index in [2.05, 4.69) is 15.3 Å². The van der Waals surface area contributed by atoms with Crippen LogP contribution < -0.4 is 5.32 Å². The number of anilines is 1. The predicted molar refractivity (Wildman–Crippen MR) is 71.1 cm³/mol. The number of nitrogens with zero attached hydrogens (tertiary/aromatic N) is 2. The number of nitrogens with one attached hydrogen (secondary N) is 1. The molecule has 0 amide bonds. The molecule has 0 aliphatic rings. The molecule has 0 aliphatic carbocycles. The van der Waals surface area contributed by atoms with E-state index in [9.17, 15) is 4.39 Å². The van der Waals surface area contributed by atoms with Crippen molar-refractivity contribution < 1.29 is 4.39 Å². The van der Waals surface area contributed by atoms with Crippen molar-refractivity contribution in [1.82, 2.24) is 9.97 Å². The van der Waals surface area contributed by atoms with Crippen LogP contribution in [-0.4, -0.2) is 16.5 Å². The molecule has 0 aliphatic heterocycles. The molecule has 0 radical (unpaired) electrons. The van der Waals surface area contributed by atoms with E-state index in [-0.39, 0.29) is 5.82 Å². The lowest BCUT2D eigenvalue weighted by molar-refractivity contribution is 0.628. The van der Waals surface area contributed by atoms with E-state index in [0.29, 0.717) is 0 Å². The fourth-order valence-electron chi connectivity index (χ4n) is 1.92. The normalized spacial score (nSPS) is 10.4. The summed E-state index contributed by atoms with van der Waals surface area (Å²) in [5.74, 6) is 0.546. The van der Waals surface area contributed by atoms with E-state index in [1.54, 1.807) is 6.07 Å². The number of aryl methyl sites for hydroxylation is 1. The average Bonchev–Trinajstić information content (AvgIpc) is 2.35. The van der Waals surface area contributed by atoms with Crippen molar-refractivity contribution in [3.8, 4) is 11.3 Å². The lowest BCUT2D eigenvalue weighted by Crippen LogP contribution is -2.04. The fraction of sp³-hybridized carbons (Fsp3) is 0.286. The molecule has 1 heterocycles. The number of hydrogen-bond donors (Lipinski definition) is 1. The highest BCUT2D eigenvalue weighted by atomic mass is 19.1. The maximum absolute atomic E-state index is 13.4. The van der Waals surface area contributed by atoms with Gasteiger partial charge in [0.1, 0.15) is 18.0 Å². The number of benzene rings is 1. The number of aromatic nitrogens is 2. The smallest absolute Gasteiger partial charge is 0.132 e. The molecule has 2 aromatic rings. The molecule has 0 saturated carbocycles. The van der Waals surface area contributed by atoms with Crippen LogP contribution in [0.25, 0.3) is 11.3 Å². The number of halogens is 1. The van der Waals surface area contributed by atoms with Crippen molar-refractivity contribution >= 4 is 5.82 Å². The molecule has 1 N–H and O–H groups in total. The van der Waals surface area contributed by atoms with Crippen LogP contribution in [0.3, 0.4) is 0 Å². The first-order valence-electron chi connectivity index (χ1n) is 5.95. The Bertz CT molecular complexity index is 567. The summed E-state index contributed by atoms with van der Waals surface area (Å²) >= 11 is 0. The molecule has 2 rings (SSSR count). The zero-order valence-electron chi connectivity index (χ0n) is 10.8. The summed E-state index contributed by atoms with van der Waals surface area (Å²) in [5.41, 5.74) is 3.53. The van der Waals surface area contributed by atoms with Crippen LogP contribution in [0.4, 0.5) is 10.2 Å². The number of hydrogen-bond acceptors (Lipinski definition) is 3. The van der Waals surface area contributed by atoms with Gasteiger partial charge in [-0.3, -0.25) is 0 Å². The van der Waals surface area contributed by atoms with Gasteiger partial charge >= 0.3 is 0 Å². The quantitative estimate of drug-likeness (QED) is 0.901. The minimum atomic E-state index is -0.251. The Morgan fingerprint density at radius 2 is 2.00 bits per heavy atom. The van der Waals surface area contributed by atoms with Gasteiger partial charge in [0.05, 0.1) is 5.69 Å². The van der Waals surface area contributed by atoms with Crippen LogP contribution >= 0.6 is 0 Å². The molecule has 0 fully saturated rings. The van der Waals surface area contributed by atoms with Crippen LogP contribution in [0.15, 0.2) is 24.5 Å². The fourth-order valence-corrected chi connectivity index (χ4v) is 1.92. The summed E-state index contributed by atoms with van der Waals surface area (Å²) in [4.78, 5) is 8.47. The average molecular weight is 245 g/mol. The van der Waals surface area contributed by atoms with Gasteiger partial charge in [0.2, 0.25) is 0 Å². The topological polar surface area (TPSA) is 37.8 Å². The molecular formula is C14H16FN3. The van der Waals surface area contributed by atoms with Crippen LogP contribution in [0.1, 0.15) is 18.1 Å². The van der Waals surface area contributed by atoms with Gasteiger partial charge in [-0.2, -0.15) is 0 Å². The van der Waals surface area contributed by atoms with E-state index < -0.39 is 0 Å². The van der Waals surface area contributed by atoms with Gasteiger partial charge in [0.15, 0.2) is 0 Å². The molecule has 0 unspecified atom stereocenters. The van der Waals surface area contributed by atoms with Gasteiger partial charge in [-0.15, -0.1) is 0 Å². The summed E-state index contributed by atoms with van der Waals surface area (Å²) in [5, 5.41) is 3.18. The predicted octanol–water partition coefficient (Wildman–Crippen LogP) is 3.33. The van der Waals surface area contributed by atoms with E-state index >= 15 is 0 Å². The minimum absolute atomic E-state index is 0.251. The monoisotopic (exact) mass is 245 g/mol. The molecule has 1 aromatic carbocycles. The molecule has 1 aromatic heterocycles. The Morgan fingerprint density at radius 1 is 1.22 bits per heavy atom. The Labute approximate surface area is 106 Å². The van der Waals surface area contributed by atoms with E-state index in [0.717, 1.165) is 34.7 Å². The lowest BCUT2D eigenvalue weighted by atomic mass is 10.0. The van der Waals surface area contributed by atoms with Gasteiger partial charge < -0.3 is 5.32 Å². The third kappa shape index (κ3) is 2.32. The second-order valence-electron chi connectivity index (χ2n) is 4.19. The summed E-state index contributed by atoms with van der Waals surface area (Å²) in [6, 6.07) is 4.74. The van der Waals surface area contributed by atoms with Gasteiger partial charge in [-0.05, 0) is 38.5 Å². The van der Waals surface area contributed by atoms with E-state index in [1.165, 1.54) is 18.5 Å². The first-order valence-corrected chi connectivity index (χ1v) is 5.95. The van der Waals surface area contributed by atoms with Crippen LogP contribution in [-0.2, 0) is 0 Å². The van der Waals surface area contributed by atoms with E-state index in [1.807, 2.05) is 20.8 Å². The highest BCUT2D eigenvalue weighted by Crippen LogP contribution is 2.27. The van der Waals surface area contributed by atoms with Gasteiger partial charge in [-0.1, -0.05) is 6.07 Å². The minimum Gasteiger partial charge on any atom is -0.370 e. The summed E-state index contributed by atoms with van der Waals surface area (Å²) in [7, 11) is 0. The van der Waals surface area contributed by atoms with Crippen LogP contribution in [0, 0.1) is 19.7 Å². The molecular weight excluding hydrogens is 229 g/mol. The Kier molecular flexibility index (Phi) is 3.55. The standard InChI is InChI=1S/C14H16FN3/c1-4-16-14-10(3)13(17-8-18-14)12-7-11(15)6-5-9(12)2/h5-8H,4H2,1-3H3,(H,16,17,18). The highest BCUT2D eigenvalue weighted by molar-refractivity contribution is 5.70. The second kappa shape index (κ2) is 5.12. The second-order valence-corrected chi connectivity index (χ2v) is 4.19. The van der Waals surface area contributed by atoms with Crippen molar-refractivity contribution in [2.75, 3.05) is 11.9 Å². The first kappa shape index (κ1) is 12.5. The van der Waals surface area contributed by atoms with Gasteiger partial charge in [0, 0.05) is 17.7 Å². The molecule has 0 spiro atoms. The van der Waals surface area contributed by atoms with Crippen molar-refractivity contribution in [1.29, 1.82) is 0 Å². The van der Waals surface area contributed by atoms with Crippen molar-refractivity contribution in [3.05, 3.63) is 41.5 Å². The molecule has 0 atom stereocenters. The molecule has 3 nitrogen and oxygen atoms in total. The van der Waals surface area contributed by atoms with Crippen molar-refractivity contribution in [2.24, 2.45) is 0 Å². The largest absolute Gasteiger partial charge is 0.370 e. The first-order chi connectivity index (χ1) is 8.63. The molecule has 94 valence electrons. The molecule has 18 heavy (non-hydrogen) atoms. The molecule has 0 saturated heterocycles. The van der Waals surface area contributed by atoms with Crippen molar-refractivity contribution in [2.45, 2.75) is 20.8 Å². The van der Waals surface area contributed by atoms with Crippen LogP contribution in [0.5, 0.6) is 0 Å². The van der Waals surface area contributed by atoms with E-state index in [4.69, 9.17) is 0 Å². The van der Waals surface area contributed by atoms with Crippen LogP contribution in [0.2, 0.25) is 0 Å². The summed E-state index contributed by atoms with van der Waals surface area (Å²) in [6.07, 6.45) is 1.50. The van der Waals surface area contributed by atoms with Gasteiger partial charge in [-0.25, -0.2) is 14.4 Å². The third-order valence-corrected chi connectivity index (χ3v) is 2.88. The molecule has 4 heteroatoms. The Balaban J connectivity index is 2.57. The Hall–Kier alpha value is -1.97. The zero-order chi connectivity index (χ0) is 13.1. The maximum Gasteiger partial charge on any atom is 0.132 e.